The summed E-state index contributed by atoms with van der Waals surface area (Å²) >= 11 is 1.73. The molecule has 0 radical (unpaired) electrons. The molecule has 0 aliphatic carbocycles. The number of hydrogen-bond donors (Lipinski definition) is 1. The minimum atomic E-state index is 0.412. The maximum Gasteiger partial charge on any atom is 0.0794 e. The average Bonchev–Trinajstić information content (AvgIpc) is 3.17. The lowest BCUT2D eigenvalue weighted by atomic mass is 10.1. The van der Waals surface area contributed by atoms with Crippen LogP contribution in [0.15, 0.2) is 42.0 Å². The molecular formula is C18H22N4S. The molecule has 3 aromatic rings. The van der Waals surface area contributed by atoms with Crippen LogP contribution in [0.4, 0.5) is 0 Å². The Bertz CT molecular complexity index is 748. The zero-order chi connectivity index (χ0) is 16.2. The van der Waals surface area contributed by atoms with Gasteiger partial charge >= 0.3 is 0 Å². The molecule has 3 heterocycles. The van der Waals surface area contributed by atoms with Crippen LogP contribution >= 0.6 is 11.3 Å². The van der Waals surface area contributed by atoms with Crippen LogP contribution in [-0.2, 0) is 13.0 Å². The Morgan fingerprint density at radius 3 is 2.96 bits per heavy atom. The van der Waals surface area contributed by atoms with Gasteiger partial charge in [-0.1, -0.05) is 6.07 Å². The molecule has 1 N–H and O–H groups in total. The van der Waals surface area contributed by atoms with Gasteiger partial charge in [-0.25, -0.2) is 0 Å². The third-order valence-corrected chi connectivity index (χ3v) is 5.02. The second kappa shape index (κ2) is 7.06. The van der Waals surface area contributed by atoms with Crippen LogP contribution in [0.5, 0.6) is 0 Å². The summed E-state index contributed by atoms with van der Waals surface area (Å²) in [6.45, 7) is 5.23. The van der Waals surface area contributed by atoms with Gasteiger partial charge in [-0.2, -0.15) is 5.10 Å². The number of likely N-dealkylation sites (N-methyl/N-ethyl adjacent to an activating group) is 1. The van der Waals surface area contributed by atoms with Gasteiger partial charge in [0, 0.05) is 36.5 Å². The monoisotopic (exact) mass is 326 g/mol. The summed E-state index contributed by atoms with van der Waals surface area (Å²) < 4.78 is 0. The summed E-state index contributed by atoms with van der Waals surface area (Å²) in [7, 11) is 2.16. The molecule has 4 nitrogen and oxygen atoms in total. The molecule has 3 aromatic heterocycles. The van der Waals surface area contributed by atoms with E-state index in [4.69, 9.17) is 0 Å². The van der Waals surface area contributed by atoms with Crippen molar-refractivity contribution in [1.82, 2.24) is 20.1 Å². The first kappa shape index (κ1) is 15.9. The fourth-order valence-electron chi connectivity index (χ4n) is 2.66. The molecule has 0 aliphatic heterocycles. The number of aromatic amines is 1. The zero-order valence-electron chi connectivity index (χ0n) is 13.8. The molecule has 0 bridgehead atoms. The van der Waals surface area contributed by atoms with Crippen LogP contribution in [0.1, 0.15) is 23.7 Å². The van der Waals surface area contributed by atoms with Crippen LogP contribution < -0.4 is 0 Å². The van der Waals surface area contributed by atoms with E-state index in [1.165, 1.54) is 16.0 Å². The van der Waals surface area contributed by atoms with E-state index in [1.54, 1.807) is 11.3 Å². The van der Waals surface area contributed by atoms with Crippen molar-refractivity contribution in [1.29, 1.82) is 0 Å². The molecule has 120 valence electrons. The standard InChI is InChI=1S/C18H22N4S/c1-13-6-7-19-16(9-13)10-14(2)22(3)12-15-11-20-21-18(15)17-5-4-8-23-17/h4-9,11,14H,10,12H2,1-3H3,(H,20,21)/t14-/m0/s1. The van der Waals surface area contributed by atoms with E-state index < -0.39 is 0 Å². The Labute approximate surface area is 141 Å². The van der Waals surface area contributed by atoms with Crippen LogP contribution in [0.2, 0.25) is 0 Å². The van der Waals surface area contributed by atoms with Crippen LogP contribution in [0.3, 0.4) is 0 Å². The second-order valence-electron chi connectivity index (χ2n) is 6.04. The summed E-state index contributed by atoms with van der Waals surface area (Å²) in [4.78, 5) is 8.06. The van der Waals surface area contributed by atoms with E-state index in [0.717, 1.165) is 24.4 Å². The maximum atomic E-state index is 4.47. The van der Waals surface area contributed by atoms with Gasteiger partial charge in [0.2, 0.25) is 0 Å². The van der Waals surface area contributed by atoms with Gasteiger partial charge < -0.3 is 0 Å². The van der Waals surface area contributed by atoms with E-state index in [9.17, 15) is 0 Å². The molecular weight excluding hydrogens is 304 g/mol. The normalized spacial score (nSPS) is 12.7. The lowest BCUT2D eigenvalue weighted by Gasteiger charge is -2.24. The molecule has 0 saturated carbocycles. The first-order valence-corrected chi connectivity index (χ1v) is 8.69. The first-order chi connectivity index (χ1) is 11.1. The van der Waals surface area contributed by atoms with Crippen molar-refractivity contribution >= 4 is 11.3 Å². The Hall–Kier alpha value is -1.98. The number of aryl methyl sites for hydroxylation is 1. The highest BCUT2D eigenvalue weighted by Crippen LogP contribution is 2.26. The smallest absolute Gasteiger partial charge is 0.0794 e. The average molecular weight is 326 g/mol. The highest BCUT2D eigenvalue weighted by atomic mass is 32.1. The molecule has 0 amide bonds. The molecule has 0 aliphatic rings. The van der Waals surface area contributed by atoms with Gasteiger partial charge in [0.25, 0.3) is 0 Å². The molecule has 0 saturated heterocycles. The summed E-state index contributed by atoms with van der Waals surface area (Å²) in [5.74, 6) is 0. The number of rotatable bonds is 6. The third kappa shape index (κ3) is 3.86. The largest absolute Gasteiger partial charge is 0.299 e. The highest BCUT2D eigenvalue weighted by molar-refractivity contribution is 7.13. The van der Waals surface area contributed by atoms with E-state index in [2.05, 4.69) is 64.6 Å². The number of hydrogen-bond acceptors (Lipinski definition) is 4. The van der Waals surface area contributed by atoms with Crippen molar-refractivity contribution in [2.45, 2.75) is 32.9 Å². The minimum absolute atomic E-state index is 0.412. The summed E-state index contributed by atoms with van der Waals surface area (Å²) in [5.41, 5.74) is 4.78. The SMILES string of the molecule is Cc1ccnc(C[C@H](C)N(C)Cc2cn[nH]c2-c2cccs2)c1. The van der Waals surface area contributed by atoms with E-state index in [-0.39, 0.29) is 0 Å². The highest BCUT2D eigenvalue weighted by Gasteiger charge is 2.15. The fraction of sp³-hybridized carbons (Fsp3) is 0.333. The molecule has 23 heavy (non-hydrogen) atoms. The number of aromatic nitrogens is 3. The Morgan fingerprint density at radius 1 is 1.35 bits per heavy atom. The lowest BCUT2D eigenvalue weighted by Crippen LogP contribution is -2.30. The topological polar surface area (TPSA) is 44.8 Å². The Balaban J connectivity index is 1.67. The van der Waals surface area contributed by atoms with Gasteiger partial charge in [-0.15, -0.1) is 11.3 Å². The van der Waals surface area contributed by atoms with Crippen molar-refractivity contribution < 1.29 is 0 Å². The number of nitrogens with one attached hydrogen (secondary N) is 1. The zero-order valence-corrected chi connectivity index (χ0v) is 14.6. The summed E-state index contributed by atoms with van der Waals surface area (Å²) in [6.07, 6.45) is 4.77. The molecule has 0 unspecified atom stereocenters. The first-order valence-electron chi connectivity index (χ1n) is 7.81. The number of thiophene rings is 1. The molecule has 3 rings (SSSR count). The maximum absolute atomic E-state index is 4.47. The van der Waals surface area contributed by atoms with E-state index in [1.807, 2.05) is 18.5 Å². The number of nitrogens with zero attached hydrogens (tertiary/aromatic N) is 3. The predicted molar refractivity (Wildman–Crippen MR) is 95.5 cm³/mol. The Morgan fingerprint density at radius 2 is 2.22 bits per heavy atom. The molecule has 0 spiro atoms. The minimum Gasteiger partial charge on any atom is -0.299 e. The quantitative estimate of drug-likeness (QED) is 0.747. The van der Waals surface area contributed by atoms with E-state index >= 15 is 0 Å². The number of H-pyrrole nitrogens is 1. The Kier molecular flexibility index (Phi) is 4.88. The lowest BCUT2D eigenvalue weighted by molar-refractivity contribution is 0.247. The van der Waals surface area contributed by atoms with Crippen molar-refractivity contribution in [2.75, 3.05) is 7.05 Å². The van der Waals surface area contributed by atoms with Gasteiger partial charge in [-0.05, 0) is 50.0 Å². The molecule has 0 aromatic carbocycles. The molecule has 1 atom stereocenters. The van der Waals surface area contributed by atoms with Gasteiger partial charge in [-0.3, -0.25) is 15.0 Å². The van der Waals surface area contributed by atoms with Crippen molar-refractivity contribution in [2.24, 2.45) is 0 Å². The predicted octanol–water partition coefficient (Wildman–Crippen LogP) is 3.90. The second-order valence-corrected chi connectivity index (χ2v) is 6.99. The molecule has 0 fully saturated rings. The summed E-state index contributed by atoms with van der Waals surface area (Å²) in [5, 5.41) is 9.45. The van der Waals surface area contributed by atoms with Crippen LogP contribution in [0, 0.1) is 6.92 Å². The van der Waals surface area contributed by atoms with Crippen molar-refractivity contribution in [3.8, 4) is 10.6 Å². The number of pyridine rings is 1. The van der Waals surface area contributed by atoms with Crippen molar-refractivity contribution in [3.63, 3.8) is 0 Å². The van der Waals surface area contributed by atoms with E-state index in [0.29, 0.717) is 6.04 Å². The molecule has 5 heteroatoms. The van der Waals surface area contributed by atoms with Crippen molar-refractivity contribution in [3.05, 3.63) is 58.9 Å². The van der Waals surface area contributed by atoms with Crippen LogP contribution in [0.25, 0.3) is 10.6 Å². The third-order valence-electron chi connectivity index (χ3n) is 4.13. The van der Waals surface area contributed by atoms with Gasteiger partial charge in [0.05, 0.1) is 16.8 Å². The van der Waals surface area contributed by atoms with Crippen LogP contribution in [-0.4, -0.2) is 33.2 Å². The van der Waals surface area contributed by atoms with Gasteiger partial charge in [0.1, 0.15) is 0 Å². The summed E-state index contributed by atoms with van der Waals surface area (Å²) in [6, 6.07) is 8.81. The van der Waals surface area contributed by atoms with Gasteiger partial charge in [0.15, 0.2) is 0 Å². The fourth-order valence-corrected chi connectivity index (χ4v) is 3.41.